The van der Waals surface area contributed by atoms with Crippen LogP contribution in [0, 0.1) is 5.82 Å². The minimum atomic E-state index is -2.93. The molecule has 2 heterocycles. The number of hydrogen-bond donors (Lipinski definition) is 0. The van der Waals surface area contributed by atoms with Crippen molar-refractivity contribution in [2.45, 2.75) is 25.4 Å². The van der Waals surface area contributed by atoms with Crippen LogP contribution in [0.5, 0.6) is 0 Å². The number of nitrogens with zero attached hydrogens (tertiary/aromatic N) is 2. The van der Waals surface area contributed by atoms with Crippen molar-refractivity contribution in [1.82, 2.24) is 9.47 Å². The van der Waals surface area contributed by atoms with Gasteiger partial charge in [0.25, 0.3) is 0 Å². The third-order valence-corrected chi connectivity index (χ3v) is 5.15. The maximum atomic E-state index is 14.9. The molecule has 0 fully saturated rings. The zero-order chi connectivity index (χ0) is 18.5. The molecule has 4 rings (SSSR count). The number of likely N-dealkylation sites (N-methyl/N-ethyl adjacent to an activating group) is 1. The minimum Gasteiger partial charge on any atom is -0.339 e. The number of halogens is 4. The van der Waals surface area contributed by atoms with Gasteiger partial charge in [0, 0.05) is 34.6 Å². The first-order valence-corrected chi connectivity index (χ1v) is 8.85. The lowest BCUT2D eigenvalue weighted by Crippen LogP contribution is -2.39. The quantitative estimate of drug-likeness (QED) is 0.607. The summed E-state index contributed by atoms with van der Waals surface area (Å²) in [4.78, 5) is 1.63. The summed E-state index contributed by atoms with van der Waals surface area (Å²) in [6.07, 6.45) is 0.547. The number of aromatic nitrogens is 1. The SMILES string of the molecule is CN1Cc2c(n(CCc3ccc(F)cc3)c3ccc(Cl)cc23)C(F)(F)C1. The van der Waals surface area contributed by atoms with Crippen molar-refractivity contribution in [2.75, 3.05) is 13.6 Å². The van der Waals surface area contributed by atoms with Gasteiger partial charge in [-0.15, -0.1) is 0 Å². The van der Waals surface area contributed by atoms with Gasteiger partial charge in [-0.3, -0.25) is 4.90 Å². The number of rotatable bonds is 3. The number of benzene rings is 2. The smallest absolute Gasteiger partial charge is 0.300 e. The van der Waals surface area contributed by atoms with E-state index in [0.717, 1.165) is 16.5 Å². The second kappa shape index (κ2) is 6.32. The van der Waals surface area contributed by atoms with E-state index in [1.165, 1.54) is 12.1 Å². The van der Waals surface area contributed by atoms with Crippen molar-refractivity contribution < 1.29 is 13.2 Å². The molecule has 6 heteroatoms. The summed E-state index contributed by atoms with van der Waals surface area (Å²) in [5, 5.41) is 1.31. The first kappa shape index (κ1) is 17.4. The van der Waals surface area contributed by atoms with E-state index >= 15 is 0 Å². The van der Waals surface area contributed by atoms with Gasteiger partial charge in [-0.25, -0.2) is 4.39 Å². The predicted molar refractivity (Wildman–Crippen MR) is 97.3 cm³/mol. The van der Waals surface area contributed by atoms with Crippen molar-refractivity contribution >= 4 is 22.5 Å². The molecule has 136 valence electrons. The summed E-state index contributed by atoms with van der Waals surface area (Å²) >= 11 is 6.12. The molecule has 0 bridgehead atoms. The van der Waals surface area contributed by atoms with Gasteiger partial charge < -0.3 is 4.57 Å². The summed E-state index contributed by atoms with van der Waals surface area (Å²) in [7, 11) is 1.70. The van der Waals surface area contributed by atoms with E-state index in [0.29, 0.717) is 30.1 Å². The fourth-order valence-electron chi connectivity index (χ4n) is 3.84. The highest BCUT2D eigenvalue weighted by Crippen LogP contribution is 2.42. The van der Waals surface area contributed by atoms with Gasteiger partial charge in [-0.2, -0.15) is 8.78 Å². The lowest BCUT2D eigenvalue weighted by atomic mass is 10.0. The van der Waals surface area contributed by atoms with E-state index in [4.69, 9.17) is 11.6 Å². The average Bonchev–Trinajstić information content (AvgIpc) is 2.87. The Bertz CT molecular complexity index is 963. The Balaban J connectivity index is 1.82. The number of hydrogen-bond acceptors (Lipinski definition) is 1. The Labute approximate surface area is 154 Å². The molecule has 26 heavy (non-hydrogen) atoms. The standard InChI is InChI=1S/C20H18ClF3N2/c1-25-11-17-16-10-14(21)4-7-18(16)26(19(17)20(23,24)12-25)9-8-13-2-5-15(22)6-3-13/h2-7,10H,8-9,11-12H2,1H3. The van der Waals surface area contributed by atoms with Gasteiger partial charge in [0.1, 0.15) is 5.82 Å². The molecule has 2 nitrogen and oxygen atoms in total. The van der Waals surface area contributed by atoms with Crippen LogP contribution in [-0.2, 0) is 25.4 Å². The predicted octanol–water partition coefficient (Wildman–Crippen LogP) is 5.21. The Hall–Kier alpha value is -1.98. The molecule has 0 saturated heterocycles. The van der Waals surface area contributed by atoms with Crippen molar-refractivity contribution in [3.63, 3.8) is 0 Å². The van der Waals surface area contributed by atoms with E-state index in [1.807, 2.05) is 0 Å². The second-order valence-corrected chi connectivity index (χ2v) is 7.33. The second-order valence-electron chi connectivity index (χ2n) is 6.89. The third-order valence-electron chi connectivity index (χ3n) is 4.91. The number of fused-ring (bicyclic) bond motifs is 3. The zero-order valence-corrected chi connectivity index (χ0v) is 15.0. The molecule has 0 N–H and O–H groups in total. The lowest BCUT2D eigenvalue weighted by molar-refractivity contribution is -0.0519. The van der Waals surface area contributed by atoms with Crippen LogP contribution in [0.3, 0.4) is 0 Å². The average molecular weight is 379 g/mol. The van der Waals surface area contributed by atoms with Crippen LogP contribution in [0.2, 0.25) is 5.02 Å². The first-order chi connectivity index (χ1) is 12.3. The highest BCUT2D eigenvalue weighted by atomic mass is 35.5. The molecule has 1 aromatic heterocycles. The Morgan fingerprint density at radius 2 is 1.85 bits per heavy atom. The highest BCUT2D eigenvalue weighted by molar-refractivity contribution is 6.31. The van der Waals surface area contributed by atoms with Gasteiger partial charge in [-0.05, 0) is 49.4 Å². The van der Waals surface area contributed by atoms with E-state index < -0.39 is 5.92 Å². The van der Waals surface area contributed by atoms with E-state index in [9.17, 15) is 13.2 Å². The van der Waals surface area contributed by atoms with E-state index in [1.54, 1.807) is 46.8 Å². The van der Waals surface area contributed by atoms with Crippen LogP contribution < -0.4 is 0 Å². The zero-order valence-electron chi connectivity index (χ0n) is 14.3. The van der Waals surface area contributed by atoms with Crippen molar-refractivity contribution in [3.05, 3.63) is 70.1 Å². The molecule has 0 unspecified atom stereocenters. The number of aryl methyl sites for hydroxylation is 2. The summed E-state index contributed by atoms with van der Waals surface area (Å²) in [6, 6.07) is 11.5. The minimum absolute atomic E-state index is 0.0787. The largest absolute Gasteiger partial charge is 0.339 e. The van der Waals surface area contributed by atoms with Crippen molar-refractivity contribution in [1.29, 1.82) is 0 Å². The van der Waals surface area contributed by atoms with Crippen LogP contribution in [-0.4, -0.2) is 23.1 Å². The van der Waals surface area contributed by atoms with Crippen LogP contribution in [0.4, 0.5) is 13.2 Å². The topological polar surface area (TPSA) is 8.17 Å². The maximum Gasteiger partial charge on any atom is 0.300 e. The Morgan fingerprint density at radius 3 is 2.58 bits per heavy atom. The molecule has 0 saturated carbocycles. The monoisotopic (exact) mass is 378 g/mol. The molecule has 0 spiro atoms. The van der Waals surface area contributed by atoms with Gasteiger partial charge in [-0.1, -0.05) is 23.7 Å². The normalized spacial score (nSPS) is 16.8. The van der Waals surface area contributed by atoms with E-state index in [-0.39, 0.29) is 18.1 Å². The van der Waals surface area contributed by atoms with Gasteiger partial charge in [0.2, 0.25) is 0 Å². The van der Waals surface area contributed by atoms with Gasteiger partial charge in [0.05, 0.1) is 12.2 Å². The molecular weight excluding hydrogens is 361 g/mol. The lowest BCUT2D eigenvalue weighted by Gasteiger charge is -2.31. The van der Waals surface area contributed by atoms with Crippen LogP contribution in [0.25, 0.3) is 10.9 Å². The summed E-state index contributed by atoms with van der Waals surface area (Å²) in [5.41, 5.74) is 2.39. The molecule has 2 aromatic carbocycles. The number of alkyl halides is 2. The summed E-state index contributed by atoms with van der Waals surface area (Å²) in [5.74, 6) is -3.24. The van der Waals surface area contributed by atoms with E-state index in [2.05, 4.69) is 0 Å². The molecule has 1 aliphatic rings. The third kappa shape index (κ3) is 2.99. The van der Waals surface area contributed by atoms with Crippen LogP contribution >= 0.6 is 11.6 Å². The molecule has 0 aliphatic carbocycles. The molecule has 3 aromatic rings. The molecule has 0 radical (unpaired) electrons. The maximum absolute atomic E-state index is 14.9. The van der Waals surface area contributed by atoms with Crippen molar-refractivity contribution in [2.24, 2.45) is 0 Å². The molecule has 0 amide bonds. The van der Waals surface area contributed by atoms with Gasteiger partial charge >= 0.3 is 5.92 Å². The fraction of sp³-hybridized carbons (Fsp3) is 0.300. The first-order valence-electron chi connectivity index (χ1n) is 8.47. The van der Waals surface area contributed by atoms with Crippen LogP contribution in [0.1, 0.15) is 16.8 Å². The van der Waals surface area contributed by atoms with Crippen molar-refractivity contribution in [3.8, 4) is 0 Å². The highest BCUT2D eigenvalue weighted by Gasteiger charge is 2.43. The Morgan fingerprint density at radius 1 is 1.12 bits per heavy atom. The van der Waals surface area contributed by atoms with Gasteiger partial charge in [0.15, 0.2) is 0 Å². The molecular formula is C20H18ClF3N2. The van der Waals surface area contributed by atoms with Crippen LogP contribution in [0.15, 0.2) is 42.5 Å². The molecule has 1 aliphatic heterocycles. The Kier molecular flexibility index (Phi) is 4.24. The summed E-state index contributed by atoms with van der Waals surface area (Å²) < 4.78 is 44.6. The summed E-state index contributed by atoms with van der Waals surface area (Å²) in [6.45, 7) is 0.560. The fourth-order valence-corrected chi connectivity index (χ4v) is 4.01. The molecule has 0 atom stereocenters.